The lowest BCUT2D eigenvalue weighted by atomic mass is 10.0. The van der Waals surface area contributed by atoms with E-state index in [1.165, 1.54) is 12.0 Å². The Morgan fingerprint density at radius 1 is 1.39 bits per heavy atom. The summed E-state index contributed by atoms with van der Waals surface area (Å²) in [5.41, 5.74) is 1.28. The molecule has 1 aromatic rings. The van der Waals surface area contributed by atoms with Gasteiger partial charge >= 0.3 is 0 Å². The van der Waals surface area contributed by atoms with Gasteiger partial charge in [0.2, 0.25) is 0 Å². The van der Waals surface area contributed by atoms with Crippen molar-refractivity contribution in [1.29, 1.82) is 0 Å². The lowest BCUT2D eigenvalue weighted by Crippen LogP contribution is -2.43. The van der Waals surface area contributed by atoms with E-state index in [-0.39, 0.29) is 0 Å². The summed E-state index contributed by atoms with van der Waals surface area (Å²) in [5.74, 6) is 0.649. The summed E-state index contributed by atoms with van der Waals surface area (Å²) in [7, 11) is 2.20. The molecule has 0 saturated carbocycles. The topological polar surface area (TPSA) is 28.2 Å². The van der Waals surface area contributed by atoms with Gasteiger partial charge in [-0.15, -0.1) is 0 Å². The number of aromatic nitrogens is 1. The molecule has 3 heteroatoms. The van der Waals surface area contributed by atoms with Gasteiger partial charge in [-0.25, -0.2) is 0 Å². The van der Waals surface area contributed by atoms with Crippen molar-refractivity contribution >= 4 is 0 Å². The van der Waals surface area contributed by atoms with Crippen LogP contribution in [0.5, 0.6) is 0 Å². The number of hydrogen-bond donors (Lipinski definition) is 1. The van der Waals surface area contributed by atoms with Crippen molar-refractivity contribution in [2.75, 3.05) is 20.1 Å². The minimum Gasteiger partial charge on any atom is -0.315 e. The van der Waals surface area contributed by atoms with Gasteiger partial charge in [0, 0.05) is 31.5 Å². The first-order valence-electron chi connectivity index (χ1n) is 6.95. The molecule has 1 atom stereocenters. The monoisotopic (exact) mass is 249 g/mol. The van der Waals surface area contributed by atoms with Crippen LogP contribution in [0.4, 0.5) is 0 Å². The van der Waals surface area contributed by atoms with Gasteiger partial charge in [0.15, 0.2) is 0 Å². The van der Waals surface area contributed by atoms with Gasteiger partial charge in [0.1, 0.15) is 0 Å². The van der Waals surface area contributed by atoms with E-state index < -0.39 is 0 Å². The van der Waals surface area contributed by atoms with Crippen molar-refractivity contribution < 1.29 is 0 Å². The highest BCUT2D eigenvalue weighted by molar-refractivity contribution is 5.08. The maximum absolute atomic E-state index is 4.18. The van der Waals surface area contributed by atoms with E-state index in [0.717, 1.165) is 19.6 Å². The minimum atomic E-state index is 0.566. The van der Waals surface area contributed by atoms with Crippen molar-refractivity contribution in [2.45, 2.75) is 39.8 Å². The Balaban J connectivity index is 2.51. The minimum absolute atomic E-state index is 0.566. The van der Waals surface area contributed by atoms with Crippen LogP contribution in [0.1, 0.15) is 32.8 Å². The molecule has 0 bridgehead atoms. The molecule has 0 aliphatic heterocycles. The number of pyridine rings is 1. The number of rotatable bonds is 8. The highest BCUT2D eigenvalue weighted by Gasteiger charge is 2.18. The van der Waals surface area contributed by atoms with E-state index in [0.29, 0.717) is 12.0 Å². The summed E-state index contributed by atoms with van der Waals surface area (Å²) in [5, 5.41) is 3.53. The van der Waals surface area contributed by atoms with Crippen molar-refractivity contribution in [3.63, 3.8) is 0 Å². The fraction of sp³-hybridized carbons (Fsp3) is 0.667. The van der Waals surface area contributed by atoms with Gasteiger partial charge in [-0.1, -0.05) is 26.8 Å². The Hall–Kier alpha value is -0.930. The second kappa shape index (κ2) is 8.22. The third kappa shape index (κ3) is 5.15. The summed E-state index contributed by atoms with van der Waals surface area (Å²) >= 11 is 0. The van der Waals surface area contributed by atoms with Crippen LogP contribution in [0.2, 0.25) is 0 Å². The van der Waals surface area contributed by atoms with Crippen LogP contribution >= 0.6 is 0 Å². The van der Waals surface area contributed by atoms with Crippen molar-refractivity contribution in [3.8, 4) is 0 Å². The molecular weight excluding hydrogens is 222 g/mol. The molecule has 102 valence electrons. The Bertz CT molecular complexity index is 311. The lowest BCUT2D eigenvalue weighted by molar-refractivity contribution is 0.180. The molecule has 1 aromatic heterocycles. The van der Waals surface area contributed by atoms with Gasteiger partial charge in [-0.2, -0.15) is 0 Å². The van der Waals surface area contributed by atoms with E-state index in [1.807, 2.05) is 18.5 Å². The first-order valence-corrected chi connectivity index (χ1v) is 6.95. The molecule has 0 spiro atoms. The molecule has 1 N–H and O–H groups in total. The van der Waals surface area contributed by atoms with Crippen LogP contribution in [0, 0.1) is 5.92 Å². The Morgan fingerprint density at radius 2 is 2.17 bits per heavy atom. The van der Waals surface area contributed by atoms with Gasteiger partial charge in [-0.3, -0.25) is 9.88 Å². The summed E-state index contributed by atoms with van der Waals surface area (Å²) in [6, 6.07) is 4.71. The fourth-order valence-corrected chi connectivity index (χ4v) is 2.22. The zero-order chi connectivity index (χ0) is 13.4. The van der Waals surface area contributed by atoms with Crippen molar-refractivity contribution in [3.05, 3.63) is 30.1 Å². The second-order valence-electron chi connectivity index (χ2n) is 5.29. The van der Waals surface area contributed by atoms with E-state index in [1.54, 1.807) is 0 Å². The van der Waals surface area contributed by atoms with Crippen LogP contribution in [0.15, 0.2) is 24.5 Å². The van der Waals surface area contributed by atoms with Gasteiger partial charge < -0.3 is 5.32 Å². The molecule has 0 radical (unpaired) electrons. The Kier molecular flexibility index (Phi) is 6.91. The summed E-state index contributed by atoms with van der Waals surface area (Å²) in [6.07, 6.45) is 4.97. The van der Waals surface area contributed by atoms with Crippen molar-refractivity contribution in [1.82, 2.24) is 15.2 Å². The third-order valence-corrected chi connectivity index (χ3v) is 3.27. The number of likely N-dealkylation sites (N-methyl/N-ethyl adjacent to an activating group) is 1. The zero-order valence-corrected chi connectivity index (χ0v) is 12.2. The molecule has 0 amide bonds. The molecule has 0 saturated heterocycles. The van der Waals surface area contributed by atoms with Gasteiger partial charge in [-0.05, 0) is 37.6 Å². The Morgan fingerprint density at radius 3 is 2.72 bits per heavy atom. The molecule has 0 aliphatic carbocycles. The molecular formula is C15H27N3. The standard InChI is InChI=1S/C15H27N3/c1-5-8-16-11-15(13(2)3)18(4)12-14-7-6-9-17-10-14/h6-7,9-10,13,15-16H,5,8,11-12H2,1-4H3. The summed E-state index contributed by atoms with van der Waals surface area (Å²) < 4.78 is 0. The summed E-state index contributed by atoms with van der Waals surface area (Å²) in [4.78, 5) is 6.60. The van der Waals surface area contributed by atoms with Crippen molar-refractivity contribution in [2.24, 2.45) is 5.92 Å². The second-order valence-corrected chi connectivity index (χ2v) is 5.29. The molecule has 0 aromatic carbocycles. The maximum Gasteiger partial charge on any atom is 0.0312 e. The molecule has 18 heavy (non-hydrogen) atoms. The van der Waals surface area contributed by atoms with Crippen LogP contribution in [0.25, 0.3) is 0 Å². The largest absolute Gasteiger partial charge is 0.315 e. The first-order chi connectivity index (χ1) is 8.65. The molecule has 1 rings (SSSR count). The lowest BCUT2D eigenvalue weighted by Gasteiger charge is -2.31. The average Bonchev–Trinajstić information content (AvgIpc) is 2.35. The Labute approximate surface area is 112 Å². The van der Waals surface area contributed by atoms with Crippen LogP contribution in [-0.2, 0) is 6.54 Å². The quantitative estimate of drug-likeness (QED) is 0.718. The summed E-state index contributed by atoms with van der Waals surface area (Å²) in [6.45, 7) is 9.91. The van der Waals surface area contributed by atoms with Crippen LogP contribution in [-0.4, -0.2) is 36.1 Å². The zero-order valence-electron chi connectivity index (χ0n) is 12.2. The van der Waals surface area contributed by atoms with E-state index in [9.17, 15) is 0 Å². The predicted octanol–water partition coefficient (Wildman–Crippen LogP) is 2.54. The molecule has 0 fully saturated rings. The number of nitrogens with one attached hydrogen (secondary N) is 1. The fourth-order valence-electron chi connectivity index (χ4n) is 2.22. The third-order valence-electron chi connectivity index (χ3n) is 3.27. The van der Waals surface area contributed by atoms with E-state index in [4.69, 9.17) is 0 Å². The van der Waals surface area contributed by atoms with Gasteiger partial charge in [0.05, 0.1) is 0 Å². The van der Waals surface area contributed by atoms with E-state index >= 15 is 0 Å². The number of hydrogen-bond acceptors (Lipinski definition) is 3. The number of nitrogens with zero attached hydrogens (tertiary/aromatic N) is 2. The SMILES string of the molecule is CCCNCC(C(C)C)N(C)Cc1cccnc1. The first kappa shape index (κ1) is 15.1. The molecule has 1 unspecified atom stereocenters. The van der Waals surface area contributed by atoms with Crippen LogP contribution in [0.3, 0.4) is 0 Å². The predicted molar refractivity (Wildman–Crippen MR) is 77.5 cm³/mol. The van der Waals surface area contributed by atoms with Crippen LogP contribution < -0.4 is 5.32 Å². The van der Waals surface area contributed by atoms with Gasteiger partial charge in [0.25, 0.3) is 0 Å². The normalized spacial score (nSPS) is 13.2. The average molecular weight is 249 g/mol. The maximum atomic E-state index is 4.18. The highest BCUT2D eigenvalue weighted by atomic mass is 15.1. The molecule has 1 heterocycles. The smallest absolute Gasteiger partial charge is 0.0312 e. The van der Waals surface area contributed by atoms with E-state index in [2.05, 4.69) is 49.1 Å². The highest BCUT2D eigenvalue weighted by Crippen LogP contribution is 2.11. The molecule has 0 aliphatic rings. The molecule has 3 nitrogen and oxygen atoms in total.